The van der Waals surface area contributed by atoms with Crippen molar-refractivity contribution in [3.05, 3.63) is 76.6 Å². The van der Waals surface area contributed by atoms with Crippen molar-refractivity contribution in [2.45, 2.75) is 40.7 Å². The van der Waals surface area contributed by atoms with Crippen molar-refractivity contribution in [3.8, 4) is 0 Å². The van der Waals surface area contributed by atoms with Crippen LogP contribution in [0.4, 0.5) is 10.1 Å². The number of amides is 2. The highest BCUT2D eigenvalue weighted by molar-refractivity contribution is 5.98. The number of carbonyl (C=O) groups excluding carboxylic acids is 2. The molecule has 1 unspecified atom stereocenters. The Hall–Kier alpha value is -3.52. The number of pyridine rings is 1. The monoisotopic (exact) mass is 479 g/mol. The molecule has 0 aliphatic carbocycles. The normalized spacial score (nSPS) is 16.5. The number of nitrogens with zero attached hydrogens (tertiary/aromatic N) is 3. The molecule has 35 heavy (non-hydrogen) atoms. The molecule has 7 nitrogen and oxygen atoms in total. The van der Waals surface area contributed by atoms with Gasteiger partial charge in [0.25, 0.3) is 5.91 Å². The summed E-state index contributed by atoms with van der Waals surface area (Å²) >= 11 is 0. The lowest BCUT2D eigenvalue weighted by atomic mass is 10.0. The van der Waals surface area contributed by atoms with E-state index < -0.39 is 0 Å². The number of allylic oxidation sites excluding steroid dienone is 2. The lowest BCUT2D eigenvalue weighted by Crippen LogP contribution is -2.49. The summed E-state index contributed by atoms with van der Waals surface area (Å²) in [4.78, 5) is 33.6. The maximum Gasteiger partial charge on any atom is 0.273 e. The Labute approximate surface area is 206 Å². The maximum absolute atomic E-state index is 13.6. The van der Waals surface area contributed by atoms with Gasteiger partial charge in [-0.05, 0) is 75.2 Å². The summed E-state index contributed by atoms with van der Waals surface area (Å²) in [6, 6.07) is 10.3. The molecule has 1 fully saturated rings. The van der Waals surface area contributed by atoms with Crippen LogP contribution < -0.4 is 10.6 Å². The molecule has 2 aromatic rings. The van der Waals surface area contributed by atoms with Crippen LogP contribution in [0.1, 0.15) is 50.7 Å². The molecule has 1 saturated heterocycles. The zero-order valence-electron chi connectivity index (χ0n) is 21.3. The second-order valence-electron chi connectivity index (χ2n) is 8.94. The summed E-state index contributed by atoms with van der Waals surface area (Å²) in [5.74, 6) is -0.566. The first-order valence-corrected chi connectivity index (χ1v) is 11.8. The van der Waals surface area contributed by atoms with Crippen molar-refractivity contribution in [2.24, 2.45) is 0 Å². The number of rotatable bonds is 7. The highest BCUT2D eigenvalue weighted by Gasteiger charge is 2.29. The molecule has 2 amide bonds. The van der Waals surface area contributed by atoms with Crippen LogP contribution in [0.5, 0.6) is 0 Å². The number of benzene rings is 1. The van der Waals surface area contributed by atoms with Gasteiger partial charge >= 0.3 is 0 Å². The number of hydrogen-bond donors (Lipinski definition) is 2. The number of aryl methyl sites for hydroxylation is 1. The van der Waals surface area contributed by atoms with E-state index in [1.165, 1.54) is 11.0 Å². The van der Waals surface area contributed by atoms with Gasteiger partial charge in [0.2, 0.25) is 5.91 Å². The first kappa shape index (κ1) is 26.1. The molecule has 0 spiro atoms. The third-order valence-corrected chi connectivity index (χ3v) is 6.06. The number of hydrogen-bond acceptors (Lipinski definition) is 5. The Bertz CT molecular complexity index is 1150. The van der Waals surface area contributed by atoms with Crippen LogP contribution in [0.25, 0.3) is 5.57 Å². The summed E-state index contributed by atoms with van der Waals surface area (Å²) < 4.78 is 13.6. The van der Waals surface area contributed by atoms with E-state index in [4.69, 9.17) is 0 Å². The zero-order valence-corrected chi connectivity index (χ0v) is 21.3. The lowest BCUT2D eigenvalue weighted by Gasteiger charge is -2.34. The molecule has 2 heterocycles. The molecule has 1 atom stereocenters. The summed E-state index contributed by atoms with van der Waals surface area (Å²) in [7, 11) is 1.68. The molecule has 186 valence electrons. The van der Waals surface area contributed by atoms with Gasteiger partial charge in [0.05, 0.1) is 11.4 Å². The molecule has 8 heteroatoms. The van der Waals surface area contributed by atoms with Gasteiger partial charge in [0.1, 0.15) is 17.6 Å². The number of carbonyl (C=O) groups is 2. The number of likely N-dealkylation sites (N-methyl/N-ethyl adjacent to an activating group) is 2. The third-order valence-electron chi connectivity index (χ3n) is 6.06. The Morgan fingerprint density at radius 3 is 2.51 bits per heavy atom. The standard InChI is InChI=1S/C27H34FN5O2/c1-7-33-15-14-29-26(34)25(33)20-8-10-21(11-9-20)31-24(17(2)3)27(35)32(6)16-18(4)23-13-12-22(28)19(5)30-23/h8-13,16,25,31H,7,14-15H2,1-6H3,(H,29,34)/b18-16+. The predicted octanol–water partition coefficient (Wildman–Crippen LogP) is 4.25. The van der Waals surface area contributed by atoms with E-state index >= 15 is 0 Å². The molecule has 0 radical (unpaired) electrons. The van der Waals surface area contributed by atoms with E-state index in [2.05, 4.69) is 20.5 Å². The number of anilines is 1. The van der Waals surface area contributed by atoms with Crippen molar-refractivity contribution >= 4 is 23.1 Å². The Morgan fingerprint density at radius 1 is 1.23 bits per heavy atom. The average Bonchev–Trinajstić information content (AvgIpc) is 2.83. The number of nitrogens with one attached hydrogen (secondary N) is 2. The van der Waals surface area contributed by atoms with Crippen molar-refractivity contribution in [1.82, 2.24) is 20.1 Å². The maximum atomic E-state index is 13.6. The molecule has 0 saturated carbocycles. The minimum Gasteiger partial charge on any atom is -0.353 e. The SMILES string of the molecule is CCN1CCNC(=O)C1c1ccc(NC(C(=O)N(C)/C=C(\C)c2ccc(F)c(C)n2)=C(C)C)cc1. The summed E-state index contributed by atoms with van der Waals surface area (Å²) in [5.41, 5.74) is 4.62. The first-order valence-electron chi connectivity index (χ1n) is 11.8. The van der Waals surface area contributed by atoms with Gasteiger partial charge in [-0.1, -0.05) is 19.1 Å². The number of halogens is 1. The fraction of sp³-hybridized carbons (Fsp3) is 0.370. The molecule has 3 rings (SSSR count). The summed E-state index contributed by atoms with van der Waals surface area (Å²) in [6.07, 6.45) is 1.69. The zero-order chi connectivity index (χ0) is 25.7. The topological polar surface area (TPSA) is 77.6 Å². The van der Waals surface area contributed by atoms with Gasteiger partial charge in [-0.25, -0.2) is 4.39 Å². The van der Waals surface area contributed by atoms with Gasteiger partial charge in [0, 0.05) is 32.0 Å². The second kappa shape index (κ2) is 11.3. The van der Waals surface area contributed by atoms with Gasteiger partial charge in [0.15, 0.2) is 0 Å². The lowest BCUT2D eigenvalue weighted by molar-refractivity contribution is -0.129. The van der Waals surface area contributed by atoms with Crippen molar-refractivity contribution in [3.63, 3.8) is 0 Å². The van der Waals surface area contributed by atoms with Crippen LogP contribution in [0.2, 0.25) is 0 Å². The summed E-state index contributed by atoms with van der Waals surface area (Å²) in [6.45, 7) is 11.5. The third kappa shape index (κ3) is 6.14. The van der Waals surface area contributed by atoms with Crippen LogP contribution >= 0.6 is 0 Å². The van der Waals surface area contributed by atoms with E-state index in [1.54, 1.807) is 26.2 Å². The molecule has 1 aliphatic rings. The van der Waals surface area contributed by atoms with Gasteiger partial charge in [-0.2, -0.15) is 0 Å². The smallest absolute Gasteiger partial charge is 0.273 e. The van der Waals surface area contributed by atoms with E-state index in [0.717, 1.165) is 35.5 Å². The van der Waals surface area contributed by atoms with Crippen LogP contribution in [0, 0.1) is 12.7 Å². The molecule has 0 bridgehead atoms. The molecular formula is C27H34FN5O2. The number of piperazine rings is 1. The minimum absolute atomic E-state index is 0.00796. The average molecular weight is 480 g/mol. The van der Waals surface area contributed by atoms with E-state index in [9.17, 15) is 14.0 Å². The largest absolute Gasteiger partial charge is 0.353 e. The first-order chi connectivity index (χ1) is 16.6. The summed E-state index contributed by atoms with van der Waals surface area (Å²) in [5, 5.41) is 6.17. The van der Waals surface area contributed by atoms with Gasteiger partial charge in [-0.3, -0.25) is 19.5 Å². The van der Waals surface area contributed by atoms with Crippen molar-refractivity contribution in [1.29, 1.82) is 0 Å². The highest BCUT2D eigenvalue weighted by atomic mass is 19.1. The van der Waals surface area contributed by atoms with Crippen molar-refractivity contribution in [2.75, 3.05) is 32.0 Å². The van der Waals surface area contributed by atoms with Crippen LogP contribution in [-0.2, 0) is 9.59 Å². The Morgan fingerprint density at radius 2 is 1.91 bits per heavy atom. The number of aromatic nitrogens is 1. The van der Waals surface area contributed by atoms with E-state index in [1.807, 2.05) is 52.0 Å². The Balaban J connectivity index is 1.76. The fourth-order valence-corrected chi connectivity index (χ4v) is 4.06. The van der Waals surface area contributed by atoms with Gasteiger partial charge < -0.3 is 15.5 Å². The van der Waals surface area contributed by atoms with E-state index in [-0.39, 0.29) is 23.7 Å². The van der Waals surface area contributed by atoms with Crippen molar-refractivity contribution < 1.29 is 14.0 Å². The van der Waals surface area contributed by atoms with Crippen LogP contribution in [-0.4, -0.2) is 53.3 Å². The quantitative estimate of drug-likeness (QED) is 0.581. The molecule has 1 aromatic carbocycles. The Kier molecular flexibility index (Phi) is 8.40. The second-order valence-corrected chi connectivity index (χ2v) is 8.94. The molecule has 1 aliphatic heterocycles. The van der Waals surface area contributed by atoms with Crippen LogP contribution in [0.3, 0.4) is 0 Å². The molecule has 2 N–H and O–H groups in total. The molecule has 1 aromatic heterocycles. The minimum atomic E-state index is -0.362. The highest BCUT2D eigenvalue weighted by Crippen LogP contribution is 2.25. The van der Waals surface area contributed by atoms with E-state index in [0.29, 0.717) is 23.6 Å². The predicted molar refractivity (Wildman–Crippen MR) is 137 cm³/mol. The van der Waals surface area contributed by atoms with Gasteiger partial charge in [-0.15, -0.1) is 0 Å². The fourth-order valence-electron chi connectivity index (χ4n) is 4.06. The molecular weight excluding hydrogens is 445 g/mol. The van der Waals surface area contributed by atoms with Crippen LogP contribution in [0.15, 0.2) is 53.9 Å².